The molecule has 4 rings (SSSR count). The lowest BCUT2D eigenvalue weighted by Crippen LogP contribution is -2.42. The minimum atomic E-state index is -0.344. The van der Waals surface area contributed by atoms with Crippen molar-refractivity contribution in [3.8, 4) is 5.75 Å². The van der Waals surface area contributed by atoms with Crippen molar-refractivity contribution in [3.63, 3.8) is 0 Å². The molecule has 0 unspecified atom stereocenters. The summed E-state index contributed by atoms with van der Waals surface area (Å²) < 4.78 is 12.2. The zero-order valence-electron chi connectivity index (χ0n) is 23.1. The summed E-state index contributed by atoms with van der Waals surface area (Å²) in [6.45, 7) is 2.84. The van der Waals surface area contributed by atoms with Crippen LogP contribution in [0, 0.1) is 5.92 Å². The lowest BCUT2D eigenvalue weighted by atomic mass is 9.96. The summed E-state index contributed by atoms with van der Waals surface area (Å²) in [5, 5.41) is 9.68. The van der Waals surface area contributed by atoms with Gasteiger partial charge in [-0.05, 0) is 37.1 Å². The Labute approximate surface area is 242 Å². The van der Waals surface area contributed by atoms with Crippen LogP contribution >= 0.6 is 11.6 Å². The van der Waals surface area contributed by atoms with Crippen molar-refractivity contribution in [2.45, 2.75) is 12.8 Å². The van der Waals surface area contributed by atoms with E-state index in [1.165, 1.54) is 11.6 Å². The summed E-state index contributed by atoms with van der Waals surface area (Å²) in [4.78, 5) is 47.8. The number of likely N-dealkylation sites (N-methyl/N-ethyl adjacent to an activating group) is 1. The van der Waals surface area contributed by atoms with Gasteiger partial charge in [0.05, 0.1) is 24.9 Å². The molecule has 2 aromatic heterocycles. The zero-order chi connectivity index (χ0) is 29.4. The molecule has 0 aliphatic carbocycles. The van der Waals surface area contributed by atoms with Gasteiger partial charge in [0, 0.05) is 57.3 Å². The molecule has 1 fully saturated rings. The average Bonchev–Trinajstić information content (AvgIpc) is 2.99. The standard InChI is InChI=1S/C27H35ClN8O5/c1-30-23(37)16-41-22-14-18-13-19(3-4-21(18)35(2)26(22)39)33-24-20(28)15-32-27(34-24)36-9-5-17(6-10-36)25(38)31-8-12-40-11-7-29/h3-4,13-15,17H,5-12,16,29H2,1-2H3,(H,30,37)(H,31,38)(H,32,33,34). The maximum atomic E-state index is 12.7. The smallest absolute Gasteiger partial charge is 0.293 e. The van der Waals surface area contributed by atoms with E-state index in [0.29, 0.717) is 80.2 Å². The van der Waals surface area contributed by atoms with Crippen LogP contribution in [0.25, 0.3) is 10.9 Å². The number of halogens is 1. The molecule has 0 atom stereocenters. The minimum absolute atomic E-state index is 0.0244. The Bertz CT molecular complexity index is 1440. The summed E-state index contributed by atoms with van der Waals surface area (Å²) in [6.07, 6.45) is 2.90. The van der Waals surface area contributed by atoms with Crippen molar-refractivity contribution >= 4 is 51.8 Å². The Morgan fingerprint density at radius 1 is 1.20 bits per heavy atom. The van der Waals surface area contributed by atoms with E-state index in [1.807, 2.05) is 17.0 Å². The molecule has 13 nitrogen and oxygen atoms in total. The van der Waals surface area contributed by atoms with Gasteiger partial charge in [0.1, 0.15) is 5.02 Å². The second kappa shape index (κ2) is 14.1. The third-order valence-electron chi connectivity index (χ3n) is 6.78. The first-order chi connectivity index (χ1) is 19.8. The van der Waals surface area contributed by atoms with Crippen LogP contribution in [0.15, 0.2) is 35.3 Å². The fourth-order valence-electron chi connectivity index (χ4n) is 4.50. The lowest BCUT2D eigenvalue weighted by molar-refractivity contribution is -0.126. The number of rotatable bonds is 12. The first-order valence-electron chi connectivity index (χ1n) is 13.4. The molecule has 2 amide bonds. The van der Waals surface area contributed by atoms with Gasteiger partial charge in [0.25, 0.3) is 11.5 Å². The van der Waals surface area contributed by atoms with Crippen LogP contribution in [0.4, 0.5) is 17.5 Å². The SMILES string of the molecule is CNC(=O)COc1cc2cc(Nc3nc(N4CCC(C(=O)NCCOCCN)CC4)ncc3Cl)ccc2n(C)c1=O. The van der Waals surface area contributed by atoms with E-state index in [2.05, 4.69) is 25.9 Å². The maximum absolute atomic E-state index is 12.7. The van der Waals surface area contributed by atoms with Crippen LogP contribution in [0.1, 0.15) is 12.8 Å². The van der Waals surface area contributed by atoms with Crippen molar-refractivity contribution in [2.24, 2.45) is 18.7 Å². The first kappa shape index (κ1) is 30.0. The van der Waals surface area contributed by atoms with Gasteiger partial charge in [-0.2, -0.15) is 4.98 Å². The quantitative estimate of drug-likeness (QED) is 0.226. The number of carbonyl (C=O) groups is 2. The van der Waals surface area contributed by atoms with Gasteiger partial charge >= 0.3 is 0 Å². The van der Waals surface area contributed by atoms with Gasteiger partial charge < -0.3 is 40.6 Å². The number of benzene rings is 1. The second-order valence-corrected chi connectivity index (χ2v) is 9.96. The molecule has 1 aliphatic rings. The molecule has 41 heavy (non-hydrogen) atoms. The molecule has 3 aromatic rings. The maximum Gasteiger partial charge on any atom is 0.293 e. The van der Waals surface area contributed by atoms with Crippen molar-refractivity contribution in [1.29, 1.82) is 0 Å². The fourth-order valence-corrected chi connectivity index (χ4v) is 4.64. The molecule has 1 aromatic carbocycles. The highest BCUT2D eigenvalue weighted by Crippen LogP contribution is 2.29. The summed E-state index contributed by atoms with van der Waals surface area (Å²) in [5.41, 5.74) is 6.43. The number of nitrogens with zero attached hydrogens (tertiary/aromatic N) is 4. The number of aryl methyl sites for hydroxylation is 1. The predicted molar refractivity (Wildman–Crippen MR) is 157 cm³/mol. The van der Waals surface area contributed by atoms with Gasteiger partial charge in [0.2, 0.25) is 11.9 Å². The van der Waals surface area contributed by atoms with E-state index < -0.39 is 0 Å². The molecule has 5 N–H and O–H groups in total. The highest BCUT2D eigenvalue weighted by molar-refractivity contribution is 6.32. The molecule has 1 saturated heterocycles. The third kappa shape index (κ3) is 7.63. The molecule has 220 valence electrons. The zero-order valence-corrected chi connectivity index (χ0v) is 23.9. The van der Waals surface area contributed by atoms with E-state index in [0.717, 1.165) is 5.39 Å². The Morgan fingerprint density at radius 2 is 1.98 bits per heavy atom. The highest BCUT2D eigenvalue weighted by Gasteiger charge is 2.26. The number of piperidine rings is 1. The Hall–Kier alpha value is -3.94. The summed E-state index contributed by atoms with van der Waals surface area (Å²) in [6, 6.07) is 7.06. The summed E-state index contributed by atoms with van der Waals surface area (Å²) in [5.74, 6) is 0.614. The number of hydrogen-bond acceptors (Lipinski definition) is 10. The van der Waals surface area contributed by atoms with E-state index in [-0.39, 0.29) is 35.6 Å². The second-order valence-electron chi connectivity index (χ2n) is 9.55. The highest BCUT2D eigenvalue weighted by atomic mass is 35.5. The van der Waals surface area contributed by atoms with Gasteiger partial charge in [-0.15, -0.1) is 0 Å². The molecule has 3 heterocycles. The Morgan fingerprint density at radius 3 is 2.71 bits per heavy atom. The van der Waals surface area contributed by atoms with Crippen LogP contribution in [0.5, 0.6) is 5.75 Å². The van der Waals surface area contributed by atoms with E-state index in [4.69, 9.17) is 26.8 Å². The number of pyridine rings is 1. The van der Waals surface area contributed by atoms with Gasteiger partial charge in [-0.25, -0.2) is 4.98 Å². The van der Waals surface area contributed by atoms with E-state index in [9.17, 15) is 14.4 Å². The van der Waals surface area contributed by atoms with Crippen molar-refractivity contribution in [2.75, 3.05) is 63.3 Å². The number of nitrogens with one attached hydrogen (secondary N) is 3. The average molecular weight is 587 g/mol. The van der Waals surface area contributed by atoms with Crippen molar-refractivity contribution in [1.82, 2.24) is 25.2 Å². The normalized spacial score (nSPS) is 13.7. The molecule has 0 bridgehead atoms. The molecule has 0 spiro atoms. The molecule has 0 radical (unpaired) electrons. The van der Waals surface area contributed by atoms with E-state index in [1.54, 1.807) is 25.4 Å². The Balaban J connectivity index is 1.42. The number of ether oxygens (including phenoxy) is 2. The Kier molecular flexibility index (Phi) is 10.3. The number of amides is 2. The third-order valence-corrected chi connectivity index (χ3v) is 7.06. The first-order valence-corrected chi connectivity index (χ1v) is 13.8. The van der Waals surface area contributed by atoms with Crippen molar-refractivity contribution < 1.29 is 19.1 Å². The van der Waals surface area contributed by atoms with Gasteiger partial charge in [-0.1, -0.05) is 11.6 Å². The van der Waals surface area contributed by atoms with Gasteiger partial charge in [0.15, 0.2) is 18.2 Å². The van der Waals surface area contributed by atoms with Crippen LogP contribution in [0.2, 0.25) is 5.02 Å². The fraction of sp³-hybridized carbons (Fsp3) is 0.444. The van der Waals surface area contributed by atoms with Crippen molar-refractivity contribution in [3.05, 3.63) is 45.8 Å². The van der Waals surface area contributed by atoms with E-state index >= 15 is 0 Å². The molecular weight excluding hydrogens is 552 g/mol. The monoisotopic (exact) mass is 586 g/mol. The number of anilines is 3. The molecule has 1 aliphatic heterocycles. The van der Waals surface area contributed by atoms with Crippen LogP contribution in [-0.4, -0.2) is 79.4 Å². The summed E-state index contributed by atoms with van der Waals surface area (Å²) in [7, 11) is 3.14. The van der Waals surface area contributed by atoms with Gasteiger partial charge in [-0.3, -0.25) is 14.4 Å². The minimum Gasteiger partial charge on any atom is -0.478 e. The number of carbonyl (C=O) groups excluding carboxylic acids is 2. The number of aromatic nitrogens is 3. The number of hydrogen-bond donors (Lipinski definition) is 4. The lowest BCUT2D eigenvalue weighted by Gasteiger charge is -2.31. The largest absolute Gasteiger partial charge is 0.478 e. The van der Waals surface area contributed by atoms with Crippen LogP contribution in [-0.2, 0) is 21.4 Å². The van der Waals surface area contributed by atoms with Crippen LogP contribution < -0.4 is 36.9 Å². The summed E-state index contributed by atoms with van der Waals surface area (Å²) >= 11 is 6.42. The topological polar surface area (TPSA) is 166 Å². The predicted octanol–water partition coefficient (Wildman–Crippen LogP) is 1.16. The number of nitrogens with two attached hydrogens (primary N) is 1. The number of fused-ring (bicyclic) bond motifs is 1. The molecule has 0 saturated carbocycles. The molecule has 14 heteroatoms. The van der Waals surface area contributed by atoms with Crippen LogP contribution in [0.3, 0.4) is 0 Å². The molecular formula is C27H35ClN8O5.